The van der Waals surface area contributed by atoms with Gasteiger partial charge in [0.1, 0.15) is 6.07 Å². The molecule has 3 rings (SSSR count). The highest BCUT2D eigenvalue weighted by Crippen LogP contribution is 2.47. The molecule has 1 aliphatic rings. The molecule has 1 aliphatic heterocycles. The third-order valence-electron chi connectivity index (χ3n) is 6.50. The van der Waals surface area contributed by atoms with Crippen molar-refractivity contribution in [1.82, 2.24) is 4.98 Å². The molecule has 0 spiro atoms. The summed E-state index contributed by atoms with van der Waals surface area (Å²) in [6, 6.07) is 6.33. The summed E-state index contributed by atoms with van der Waals surface area (Å²) in [4.78, 5) is 30.0. The van der Waals surface area contributed by atoms with Gasteiger partial charge in [-0.1, -0.05) is 19.9 Å². The lowest BCUT2D eigenvalue weighted by molar-refractivity contribution is -0.705. The maximum absolute atomic E-state index is 12.3. The van der Waals surface area contributed by atoms with Gasteiger partial charge in [0.05, 0.1) is 18.6 Å². The second-order valence-corrected chi connectivity index (χ2v) is 11.4. The molecule has 0 atom stereocenters. The topological polar surface area (TPSA) is 125 Å². The van der Waals surface area contributed by atoms with E-state index < -0.39 is 27.5 Å². The van der Waals surface area contributed by atoms with E-state index in [1.165, 1.54) is 26.0 Å². The van der Waals surface area contributed by atoms with E-state index in [4.69, 9.17) is 18.4 Å². The van der Waals surface area contributed by atoms with Gasteiger partial charge in [0.15, 0.2) is 0 Å². The van der Waals surface area contributed by atoms with Crippen LogP contribution in [0.3, 0.4) is 0 Å². The molecule has 216 valence electrons. The Kier molecular flexibility index (Phi) is 9.82. The first-order valence-corrected chi connectivity index (χ1v) is 14.1. The van der Waals surface area contributed by atoms with Crippen molar-refractivity contribution < 1.29 is 41.0 Å². The van der Waals surface area contributed by atoms with Gasteiger partial charge in [0, 0.05) is 57.5 Å². The van der Waals surface area contributed by atoms with Crippen LogP contribution in [0.25, 0.3) is 6.08 Å². The van der Waals surface area contributed by atoms with Crippen LogP contribution in [0.5, 0.6) is 11.8 Å². The third kappa shape index (κ3) is 6.93. The van der Waals surface area contributed by atoms with Gasteiger partial charge < -0.3 is 19.1 Å². The number of nitrogens with zero attached hydrogens (tertiary/aromatic N) is 3. The summed E-state index contributed by atoms with van der Waals surface area (Å²) in [5, 5.41) is 0. The minimum absolute atomic E-state index is 0.00166. The maximum atomic E-state index is 12.3. The molecule has 11 nitrogen and oxygen atoms in total. The van der Waals surface area contributed by atoms with E-state index in [9.17, 15) is 18.0 Å². The smallest absolute Gasteiger partial charge is 0.343 e. The molecular weight excluding hydrogens is 538 g/mol. The van der Waals surface area contributed by atoms with Crippen LogP contribution in [-0.2, 0) is 40.6 Å². The van der Waals surface area contributed by atoms with Gasteiger partial charge in [-0.25, -0.2) is 0 Å². The zero-order valence-electron chi connectivity index (χ0n) is 23.9. The lowest BCUT2D eigenvalue weighted by Gasteiger charge is -2.23. The first kappa shape index (κ1) is 30.9. The molecule has 0 saturated heterocycles. The number of fused-ring (bicyclic) bond motifs is 1. The number of methoxy groups -OCH3 is 1. The Balaban J connectivity index is 2.04. The summed E-state index contributed by atoms with van der Waals surface area (Å²) in [6.07, 6.45) is 6.94. The number of carbonyl (C=O) groups excluding carboxylic acids is 2. The van der Waals surface area contributed by atoms with E-state index in [-0.39, 0.29) is 16.7 Å². The Hall–Kier alpha value is -3.61. The van der Waals surface area contributed by atoms with Crippen LogP contribution < -0.4 is 18.9 Å². The van der Waals surface area contributed by atoms with Crippen molar-refractivity contribution in [2.75, 3.05) is 32.8 Å². The molecule has 12 heteroatoms. The molecule has 1 aromatic heterocycles. The molecule has 0 radical (unpaired) electrons. The van der Waals surface area contributed by atoms with Gasteiger partial charge in [-0.05, 0) is 47.7 Å². The lowest BCUT2D eigenvalue weighted by Crippen LogP contribution is -2.41. The zero-order chi connectivity index (χ0) is 29.7. The normalized spacial score (nSPS) is 15.5. The van der Waals surface area contributed by atoms with Crippen LogP contribution in [0.1, 0.15) is 51.9 Å². The number of aromatic nitrogens is 2. The van der Waals surface area contributed by atoms with Crippen molar-refractivity contribution >= 4 is 33.8 Å². The number of esters is 2. The number of carbonyl (C=O) groups is 2. The highest BCUT2D eigenvalue weighted by Gasteiger charge is 2.39. The number of likely N-dealkylation sites (N-methyl/N-ethyl adjacent to an activating group) is 1. The number of benzene rings is 1. The Bertz CT molecular complexity index is 1450. The average molecular weight is 575 g/mol. The molecule has 0 saturated carbocycles. The van der Waals surface area contributed by atoms with E-state index in [1.54, 1.807) is 36.0 Å². The second kappa shape index (κ2) is 12.7. The SMILES string of the molecule is COCCCC[n+]1c(OC(C)=O)cc(OC(C)=O)nc1C=CC=C1N(C)c2ccc(S(=O)(=O)OC)cc2C1(C)C. The summed E-state index contributed by atoms with van der Waals surface area (Å²) in [5.41, 5.74) is 2.10. The minimum Gasteiger partial charge on any atom is -0.389 e. The number of unbranched alkanes of at least 4 members (excludes halogenated alkanes) is 1. The molecule has 2 aromatic rings. The maximum Gasteiger partial charge on any atom is 0.343 e. The Morgan fingerprint density at radius 2 is 1.77 bits per heavy atom. The van der Waals surface area contributed by atoms with Crippen LogP contribution in [-0.4, -0.2) is 53.2 Å². The number of anilines is 1. The number of rotatable bonds is 11. The lowest BCUT2D eigenvalue weighted by atomic mass is 9.84. The number of allylic oxidation sites excluding steroid dienone is 3. The molecule has 0 unspecified atom stereocenters. The van der Waals surface area contributed by atoms with Gasteiger partial charge in [0.25, 0.3) is 16.0 Å². The van der Waals surface area contributed by atoms with Gasteiger partial charge in [-0.15, -0.1) is 0 Å². The van der Waals surface area contributed by atoms with Crippen LogP contribution in [0.15, 0.2) is 47.0 Å². The summed E-state index contributed by atoms with van der Waals surface area (Å²) in [5.74, 6) is -0.473. The fourth-order valence-electron chi connectivity index (χ4n) is 4.59. The predicted molar refractivity (Wildman–Crippen MR) is 147 cm³/mol. The molecular formula is C28H36N3O8S+. The van der Waals surface area contributed by atoms with Crippen molar-refractivity contribution in [3.05, 3.63) is 53.5 Å². The summed E-state index contributed by atoms with van der Waals surface area (Å²) in [6.45, 7) is 7.62. The van der Waals surface area contributed by atoms with Crippen LogP contribution in [0.2, 0.25) is 0 Å². The summed E-state index contributed by atoms with van der Waals surface area (Å²) >= 11 is 0. The van der Waals surface area contributed by atoms with Gasteiger partial charge in [-0.3, -0.25) is 13.8 Å². The highest BCUT2D eigenvalue weighted by molar-refractivity contribution is 7.86. The van der Waals surface area contributed by atoms with Crippen molar-refractivity contribution in [2.24, 2.45) is 0 Å². The first-order chi connectivity index (χ1) is 18.8. The average Bonchev–Trinajstić information content (AvgIpc) is 3.07. The van der Waals surface area contributed by atoms with Crippen molar-refractivity contribution in [1.29, 1.82) is 0 Å². The van der Waals surface area contributed by atoms with Crippen LogP contribution in [0, 0.1) is 0 Å². The fraction of sp³-hybridized carbons (Fsp3) is 0.429. The van der Waals surface area contributed by atoms with Gasteiger partial charge in [-0.2, -0.15) is 13.0 Å². The molecule has 0 aliphatic carbocycles. The third-order valence-corrected chi connectivity index (χ3v) is 7.77. The number of hydrogen-bond donors (Lipinski definition) is 0. The number of hydrogen-bond acceptors (Lipinski definition) is 10. The standard InChI is InChI=1S/C28H36N3O8S/c1-19(32)38-26-18-27(39-20(2)33)31(15-8-9-16-36-6)25(29-26)12-10-11-24-28(3,4)22-17-21(40(34,35)37-7)13-14-23(22)30(24)5/h10-14,17-18H,8-9,15-16H2,1-7H3/q+1. The van der Waals surface area contributed by atoms with Crippen LogP contribution >= 0.6 is 0 Å². The van der Waals surface area contributed by atoms with Crippen molar-refractivity contribution in [2.45, 2.75) is 57.4 Å². The van der Waals surface area contributed by atoms with Gasteiger partial charge in [0.2, 0.25) is 0 Å². The Labute approximate surface area is 235 Å². The zero-order valence-corrected chi connectivity index (χ0v) is 24.7. The molecule has 0 amide bonds. The van der Waals surface area contributed by atoms with Gasteiger partial charge >= 0.3 is 23.6 Å². The molecule has 0 bridgehead atoms. The van der Waals surface area contributed by atoms with Crippen molar-refractivity contribution in [3.8, 4) is 11.8 Å². The van der Waals surface area contributed by atoms with Crippen molar-refractivity contribution in [3.63, 3.8) is 0 Å². The molecule has 0 N–H and O–H groups in total. The Morgan fingerprint density at radius 3 is 2.40 bits per heavy atom. The van der Waals surface area contributed by atoms with E-state index in [2.05, 4.69) is 4.98 Å². The molecule has 0 fully saturated rings. The van der Waals surface area contributed by atoms with Crippen LogP contribution in [0.4, 0.5) is 5.69 Å². The monoisotopic (exact) mass is 574 g/mol. The highest BCUT2D eigenvalue weighted by atomic mass is 32.2. The molecule has 40 heavy (non-hydrogen) atoms. The van der Waals surface area contributed by atoms with E-state index in [1.807, 2.05) is 31.9 Å². The molecule has 1 aromatic carbocycles. The summed E-state index contributed by atoms with van der Waals surface area (Å²) in [7, 11) is 0.833. The fourth-order valence-corrected chi connectivity index (χ4v) is 5.28. The number of ether oxygens (including phenoxy) is 3. The first-order valence-electron chi connectivity index (χ1n) is 12.7. The summed E-state index contributed by atoms with van der Waals surface area (Å²) < 4.78 is 46.8. The minimum atomic E-state index is -3.84. The largest absolute Gasteiger partial charge is 0.389 e. The predicted octanol–water partition coefficient (Wildman–Crippen LogP) is 3.31. The van der Waals surface area contributed by atoms with E-state index in [0.717, 1.165) is 36.9 Å². The Morgan fingerprint density at radius 1 is 1.07 bits per heavy atom. The molecule has 2 heterocycles. The second-order valence-electron chi connectivity index (χ2n) is 9.72. The quantitative estimate of drug-likeness (QED) is 0.171. The van der Waals surface area contributed by atoms with E-state index >= 15 is 0 Å². The van der Waals surface area contributed by atoms with E-state index in [0.29, 0.717) is 19.0 Å².